The number of phenols is 1. The fourth-order valence-corrected chi connectivity index (χ4v) is 3.62. The summed E-state index contributed by atoms with van der Waals surface area (Å²) in [5.74, 6) is 0.0704. The number of aldehydes is 1. The van der Waals surface area contributed by atoms with Crippen LogP contribution in [0.25, 0.3) is 0 Å². The summed E-state index contributed by atoms with van der Waals surface area (Å²) in [6.45, 7) is 7.61. The lowest BCUT2D eigenvalue weighted by Crippen LogP contribution is -2.44. The highest BCUT2D eigenvalue weighted by Gasteiger charge is 2.37. The Morgan fingerprint density at radius 1 is 1.29 bits per heavy atom. The molecule has 10 nitrogen and oxygen atoms in total. The normalized spacial score (nSPS) is 20.7. The molecule has 0 saturated carbocycles. The van der Waals surface area contributed by atoms with E-state index in [2.05, 4.69) is 10.4 Å². The number of urea groups is 1. The van der Waals surface area contributed by atoms with Crippen molar-refractivity contribution in [3.05, 3.63) is 42.6 Å². The van der Waals surface area contributed by atoms with E-state index in [1.807, 2.05) is 13.0 Å². The number of rotatable bonds is 10. The highest BCUT2D eigenvalue weighted by molar-refractivity contribution is 7.29. The van der Waals surface area contributed by atoms with Crippen molar-refractivity contribution in [2.75, 3.05) is 13.7 Å². The van der Waals surface area contributed by atoms with Gasteiger partial charge in [-0.3, -0.25) is 19.6 Å². The van der Waals surface area contributed by atoms with Crippen molar-refractivity contribution in [3.8, 4) is 5.75 Å². The van der Waals surface area contributed by atoms with Gasteiger partial charge in [-0.05, 0) is 45.4 Å². The second-order valence-corrected chi connectivity index (χ2v) is 8.68. The highest BCUT2D eigenvalue weighted by atomic mass is 31.1. The zero-order valence-electron chi connectivity index (χ0n) is 20.3. The predicted molar refractivity (Wildman–Crippen MR) is 130 cm³/mol. The van der Waals surface area contributed by atoms with Crippen LogP contribution in [0.15, 0.2) is 42.6 Å². The Bertz CT molecular complexity index is 779. The number of benzene rings is 1. The minimum absolute atomic E-state index is 0.0726. The van der Waals surface area contributed by atoms with Crippen LogP contribution in [-0.2, 0) is 23.6 Å². The Balaban J connectivity index is 0.000000700. The Morgan fingerprint density at radius 2 is 1.97 bits per heavy atom. The van der Waals surface area contributed by atoms with Gasteiger partial charge in [0.1, 0.15) is 24.3 Å². The zero-order chi connectivity index (χ0) is 25.5. The molecule has 34 heavy (non-hydrogen) atoms. The van der Waals surface area contributed by atoms with E-state index >= 15 is 0 Å². The van der Waals surface area contributed by atoms with E-state index in [1.165, 1.54) is 24.2 Å². The molecule has 0 radical (unpaired) electrons. The van der Waals surface area contributed by atoms with Crippen molar-refractivity contribution in [3.63, 3.8) is 0 Å². The summed E-state index contributed by atoms with van der Waals surface area (Å²) >= 11 is 0. The number of esters is 1. The van der Waals surface area contributed by atoms with Gasteiger partial charge in [-0.25, -0.2) is 4.79 Å². The average Bonchev–Trinajstić information content (AvgIpc) is 3.17. The molecule has 1 aliphatic heterocycles. The second-order valence-electron chi connectivity index (χ2n) is 7.90. The van der Waals surface area contributed by atoms with Crippen LogP contribution in [-0.4, -0.2) is 66.4 Å². The molecule has 0 spiro atoms. The zero-order valence-corrected chi connectivity index (χ0v) is 21.3. The summed E-state index contributed by atoms with van der Waals surface area (Å²) in [5.41, 5.74) is 0. The van der Waals surface area contributed by atoms with E-state index in [-0.39, 0.29) is 39.1 Å². The van der Waals surface area contributed by atoms with Crippen LogP contribution in [0.4, 0.5) is 4.79 Å². The predicted octanol–water partition coefficient (Wildman–Crippen LogP) is 2.94. The average molecular weight is 498 g/mol. The summed E-state index contributed by atoms with van der Waals surface area (Å²) in [4.78, 5) is 35.7. The van der Waals surface area contributed by atoms with E-state index in [0.717, 1.165) is 0 Å². The van der Waals surface area contributed by atoms with Crippen LogP contribution in [0.1, 0.15) is 34.1 Å². The minimum Gasteiger partial charge on any atom is -0.508 e. The van der Waals surface area contributed by atoms with Gasteiger partial charge in [0.15, 0.2) is 0 Å². The van der Waals surface area contributed by atoms with Crippen molar-refractivity contribution in [2.24, 2.45) is 5.92 Å². The van der Waals surface area contributed by atoms with Crippen molar-refractivity contribution in [1.82, 2.24) is 15.3 Å². The number of para-hydroxylation sites is 1. The summed E-state index contributed by atoms with van der Waals surface area (Å²) in [5, 5.41) is 14.1. The smallest absolute Gasteiger partial charge is 0.323 e. The summed E-state index contributed by atoms with van der Waals surface area (Å²) in [7, 11) is 1.44. The van der Waals surface area contributed by atoms with Gasteiger partial charge in [0.05, 0.1) is 27.8 Å². The van der Waals surface area contributed by atoms with Gasteiger partial charge in [-0.15, -0.1) is 0 Å². The Labute approximate surface area is 202 Å². The molecule has 1 aromatic carbocycles. The SMILES string of the molecule is CNC(=O)N(/C=C\C=O)C1OC(COPNC(C)C(=O)OC(C)C)CC1C.Oc1ccccc1. The van der Waals surface area contributed by atoms with Crippen molar-refractivity contribution < 1.29 is 33.5 Å². The third kappa shape index (κ3) is 11.1. The molecule has 0 aromatic heterocycles. The number of ether oxygens (including phenoxy) is 2. The Hall–Kier alpha value is -2.52. The molecule has 1 aromatic rings. The molecule has 11 heteroatoms. The fourth-order valence-electron chi connectivity index (χ4n) is 2.98. The molecule has 2 rings (SSSR count). The first-order chi connectivity index (χ1) is 16.2. The van der Waals surface area contributed by atoms with Crippen molar-refractivity contribution in [1.29, 1.82) is 0 Å². The molecule has 5 atom stereocenters. The molecule has 1 heterocycles. The molecular formula is C23H36N3O7P. The lowest BCUT2D eigenvalue weighted by molar-refractivity contribution is -0.148. The van der Waals surface area contributed by atoms with E-state index < -0.39 is 12.3 Å². The van der Waals surface area contributed by atoms with E-state index in [1.54, 1.807) is 45.0 Å². The van der Waals surface area contributed by atoms with Crippen molar-refractivity contribution >= 4 is 27.2 Å². The van der Waals surface area contributed by atoms with Gasteiger partial charge < -0.3 is 24.4 Å². The van der Waals surface area contributed by atoms with Crippen LogP contribution in [0.3, 0.4) is 0 Å². The number of nitrogens with one attached hydrogen (secondary N) is 2. The number of allylic oxidation sites excluding steroid dienone is 1. The van der Waals surface area contributed by atoms with E-state index in [0.29, 0.717) is 25.1 Å². The van der Waals surface area contributed by atoms with Gasteiger partial charge in [0.25, 0.3) is 0 Å². The first kappa shape index (κ1) is 29.5. The monoisotopic (exact) mass is 497 g/mol. The Kier molecular flexibility index (Phi) is 14.0. The number of aromatic hydroxyl groups is 1. The van der Waals surface area contributed by atoms with Crippen LogP contribution >= 0.6 is 8.96 Å². The summed E-state index contributed by atoms with van der Waals surface area (Å²) < 4.78 is 16.6. The molecule has 2 amide bonds. The third-order valence-electron chi connectivity index (χ3n) is 4.58. The van der Waals surface area contributed by atoms with Crippen LogP contribution in [0.5, 0.6) is 5.75 Å². The van der Waals surface area contributed by atoms with Gasteiger partial charge >= 0.3 is 12.0 Å². The number of nitrogens with zero attached hydrogens (tertiary/aromatic N) is 1. The standard InChI is InChI=1S/C17H30N3O6P.C6H6O/c1-11(2)25-16(22)13(4)19-27-24-10-14-9-12(3)15(26-14)20(7-6-8-21)17(23)18-5;7-6-4-2-1-3-5-6/h6-8,11-15,19,27H,9-10H2,1-5H3,(H,18,23);1-5,7H/b7-6-;. The summed E-state index contributed by atoms with van der Waals surface area (Å²) in [6.07, 6.45) is 3.14. The number of hydrogen-bond donors (Lipinski definition) is 3. The van der Waals surface area contributed by atoms with Crippen molar-refractivity contribution in [2.45, 2.75) is 58.6 Å². The molecule has 3 N–H and O–H groups in total. The molecular weight excluding hydrogens is 461 g/mol. The quantitative estimate of drug-likeness (QED) is 0.148. The number of phenolic OH excluding ortho intramolecular Hbond substituents is 1. The van der Waals surface area contributed by atoms with Gasteiger partial charge in [0.2, 0.25) is 0 Å². The molecule has 0 aliphatic carbocycles. The van der Waals surface area contributed by atoms with Crippen LogP contribution in [0, 0.1) is 5.92 Å². The molecule has 190 valence electrons. The van der Waals surface area contributed by atoms with Gasteiger partial charge in [-0.1, -0.05) is 25.1 Å². The Morgan fingerprint density at radius 3 is 2.50 bits per heavy atom. The van der Waals surface area contributed by atoms with Crippen LogP contribution in [0.2, 0.25) is 0 Å². The minimum atomic E-state index is -0.481. The molecule has 5 unspecified atom stereocenters. The number of hydrogen-bond acceptors (Lipinski definition) is 8. The molecule has 0 bridgehead atoms. The van der Waals surface area contributed by atoms with Gasteiger partial charge in [0, 0.05) is 19.2 Å². The second kappa shape index (κ2) is 16.2. The number of amides is 2. The highest BCUT2D eigenvalue weighted by Crippen LogP contribution is 2.30. The fraction of sp³-hybridized carbons (Fsp3) is 0.522. The van der Waals surface area contributed by atoms with E-state index in [9.17, 15) is 14.4 Å². The maximum Gasteiger partial charge on any atom is 0.323 e. The van der Waals surface area contributed by atoms with E-state index in [4.69, 9.17) is 19.1 Å². The topological polar surface area (TPSA) is 126 Å². The first-order valence-corrected chi connectivity index (χ1v) is 11.9. The van der Waals surface area contributed by atoms with Crippen LogP contribution < -0.4 is 10.4 Å². The lowest BCUT2D eigenvalue weighted by atomic mass is 10.1. The summed E-state index contributed by atoms with van der Waals surface area (Å²) in [6, 6.07) is 7.90. The largest absolute Gasteiger partial charge is 0.508 e. The molecule has 1 fully saturated rings. The maximum atomic E-state index is 12.0. The maximum absolute atomic E-state index is 12.0. The third-order valence-corrected chi connectivity index (χ3v) is 5.44. The molecule has 1 saturated heterocycles. The number of carbonyl (C=O) groups is 3. The first-order valence-electron chi connectivity index (χ1n) is 11.0. The lowest BCUT2D eigenvalue weighted by Gasteiger charge is -2.27. The van der Waals surface area contributed by atoms with Gasteiger partial charge in [-0.2, -0.15) is 0 Å². The number of carbonyl (C=O) groups excluding carboxylic acids is 3. The molecule has 1 aliphatic rings.